The number of rotatable bonds is 5. The van der Waals surface area contributed by atoms with E-state index in [1.54, 1.807) is 9.80 Å². The lowest BCUT2D eigenvalue weighted by molar-refractivity contribution is -0.147. The van der Waals surface area contributed by atoms with Gasteiger partial charge in [0.25, 0.3) is 5.91 Å². The van der Waals surface area contributed by atoms with Crippen LogP contribution in [0.4, 0.5) is 0 Å². The molecule has 3 heterocycles. The third-order valence-electron chi connectivity index (χ3n) is 5.70. The Labute approximate surface area is 161 Å². The van der Waals surface area contributed by atoms with Crippen molar-refractivity contribution >= 4 is 21.8 Å². The van der Waals surface area contributed by atoms with Crippen LogP contribution in [-0.4, -0.2) is 92.1 Å². The van der Waals surface area contributed by atoms with Crippen LogP contribution in [0.25, 0.3) is 0 Å². The summed E-state index contributed by atoms with van der Waals surface area (Å²) in [5.74, 6) is -0.0757. The first-order valence-electron chi connectivity index (χ1n) is 10.1. The average molecular weight is 402 g/mol. The zero-order chi connectivity index (χ0) is 19.4. The van der Waals surface area contributed by atoms with Crippen molar-refractivity contribution in [2.24, 2.45) is 5.92 Å². The lowest BCUT2D eigenvalue weighted by Gasteiger charge is -2.39. The predicted octanol–water partition coefficient (Wildman–Crippen LogP) is 0.288. The smallest absolute Gasteiger partial charge is 0.251 e. The second-order valence-corrected chi connectivity index (χ2v) is 9.75. The van der Waals surface area contributed by atoms with Gasteiger partial charge >= 0.3 is 0 Å². The maximum Gasteiger partial charge on any atom is 0.251 e. The summed E-state index contributed by atoms with van der Waals surface area (Å²) in [5, 5.41) is 0. The molecule has 0 bridgehead atoms. The number of amides is 2. The van der Waals surface area contributed by atoms with Gasteiger partial charge in [0.1, 0.15) is 6.10 Å². The molecule has 154 valence electrons. The Morgan fingerprint density at radius 2 is 1.63 bits per heavy atom. The molecular formula is C18H31N3O5S. The number of carbonyl (C=O) groups is 2. The number of ether oxygens (including phenoxy) is 1. The minimum atomic E-state index is -3.26. The fourth-order valence-electron chi connectivity index (χ4n) is 4.17. The Balaban J connectivity index is 1.52. The van der Waals surface area contributed by atoms with E-state index < -0.39 is 10.0 Å². The van der Waals surface area contributed by atoms with Crippen molar-refractivity contribution in [1.82, 2.24) is 14.1 Å². The highest BCUT2D eigenvalue weighted by molar-refractivity contribution is 7.89. The summed E-state index contributed by atoms with van der Waals surface area (Å²) >= 11 is 0. The summed E-state index contributed by atoms with van der Waals surface area (Å²) in [7, 11) is -3.26. The van der Waals surface area contributed by atoms with Crippen molar-refractivity contribution in [1.29, 1.82) is 0 Å². The predicted molar refractivity (Wildman–Crippen MR) is 101 cm³/mol. The molecule has 3 aliphatic rings. The normalized spacial score (nSPS) is 27.7. The molecular weight excluding hydrogens is 370 g/mol. The van der Waals surface area contributed by atoms with Crippen molar-refractivity contribution in [2.75, 3.05) is 51.6 Å². The van der Waals surface area contributed by atoms with Gasteiger partial charge in [-0.25, -0.2) is 12.7 Å². The maximum absolute atomic E-state index is 12.9. The molecule has 0 aromatic carbocycles. The van der Waals surface area contributed by atoms with Gasteiger partial charge in [0.2, 0.25) is 15.9 Å². The molecule has 3 rings (SSSR count). The van der Waals surface area contributed by atoms with E-state index in [-0.39, 0.29) is 36.1 Å². The van der Waals surface area contributed by atoms with Gasteiger partial charge in [0, 0.05) is 45.9 Å². The minimum absolute atomic E-state index is 0.0237. The van der Waals surface area contributed by atoms with E-state index in [0.717, 1.165) is 25.7 Å². The van der Waals surface area contributed by atoms with E-state index in [1.165, 1.54) is 4.31 Å². The molecule has 0 saturated carbocycles. The lowest BCUT2D eigenvalue weighted by Crippen LogP contribution is -2.55. The first-order chi connectivity index (χ1) is 12.9. The van der Waals surface area contributed by atoms with Crippen LogP contribution < -0.4 is 0 Å². The Morgan fingerprint density at radius 3 is 2.22 bits per heavy atom. The summed E-state index contributed by atoms with van der Waals surface area (Å²) in [4.78, 5) is 28.9. The SMILES string of the molecule is CCCS(=O)(=O)N1CCCC(C(=O)N2CCN(C(=O)C3CCCO3)CC2)C1. The standard InChI is InChI=1S/C18H31N3O5S/c1-2-13-27(24,25)21-7-3-5-15(14-21)17(22)19-8-10-20(11-9-19)18(23)16-6-4-12-26-16/h15-16H,2-14H2,1H3. The van der Waals surface area contributed by atoms with Crippen LogP contribution in [0.5, 0.6) is 0 Å². The molecule has 3 saturated heterocycles. The van der Waals surface area contributed by atoms with Crippen molar-refractivity contribution in [3.05, 3.63) is 0 Å². The molecule has 0 aromatic heterocycles. The number of carbonyl (C=O) groups excluding carboxylic acids is 2. The summed E-state index contributed by atoms with van der Waals surface area (Å²) < 4.78 is 31.6. The van der Waals surface area contributed by atoms with Crippen LogP contribution >= 0.6 is 0 Å². The fourth-order valence-corrected chi connectivity index (χ4v) is 5.75. The third-order valence-corrected chi connectivity index (χ3v) is 7.74. The first kappa shape index (κ1) is 20.5. The third kappa shape index (κ3) is 4.81. The molecule has 0 aliphatic carbocycles. The van der Waals surface area contributed by atoms with Gasteiger partial charge in [-0.15, -0.1) is 0 Å². The van der Waals surface area contributed by atoms with E-state index in [0.29, 0.717) is 45.8 Å². The summed E-state index contributed by atoms with van der Waals surface area (Å²) in [6.45, 7) is 5.36. The summed E-state index contributed by atoms with van der Waals surface area (Å²) in [6.07, 6.45) is 3.42. The van der Waals surface area contributed by atoms with E-state index in [1.807, 2.05) is 6.92 Å². The zero-order valence-corrected chi connectivity index (χ0v) is 17.0. The summed E-state index contributed by atoms with van der Waals surface area (Å²) in [6, 6.07) is 0. The van der Waals surface area contributed by atoms with Gasteiger partial charge in [-0.2, -0.15) is 0 Å². The Bertz CT molecular complexity index is 639. The molecule has 0 radical (unpaired) electrons. The van der Waals surface area contributed by atoms with Crippen LogP contribution in [0.3, 0.4) is 0 Å². The Hall–Kier alpha value is -1.19. The molecule has 8 nitrogen and oxygen atoms in total. The lowest BCUT2D eigenvalue weighted by atomic mass is 9.97. The number of piperazine rings is 1. The fraction of sp³-hybridized carbons (Fsp3) is 0.889. The van der Waals surface area contributed by atoms with Crippen LogP contribution in [0.1, 0.15) is 39.0 Å². The molecule has 3 aliphatic heterocycles. The summed E-state index contributed by atoms with van der Waals surface area (Å²) in [5.41, 5.74) is 0. The Kier molecular flexibility index (Phi) is 6.75. The average Bonchev–Trinajstić information content (AvgIpc) is 3.22. The van der Waals surface area contributed by atoms with Gasteiger partial charge in [-0.3, -0.25) is 9.59 Å². The Morgan fingerprint density at radius 1 is 0.963 bits per heavy atom. The molecule has 0 spiro atoms. The van der Waals surface area contributed by atoms with Gasteiger partial charge in [-0.05, 0) is 32.1 Å². The van der Waals surface area contributed by atoms with Gasteiger partial charge in [0.05, 0.1) is 11.7 Å². The molecule has 0 N–H and O–H groups in total. The van der Waals surface area contributed by atoms with Crippen molar-refractivity contribution < 1.29 is 22.7 Å². The molecule has 3 fully saturated rings. The van der Waals surface area contributed by atoms with E-state index in [4.69, 9.17) is 4.74 Å². The van der Waals surface area contributed by atoms with Crippen molar-refractivity contribution in [2.45, 2.75) is 45.1 Å². The molecule has 27 heavy (non-hydrogen) atoms. The molecule has 9 heteroatoms. The monoisotopic (exact) mass is 401 g/mol. The highest BCUT2D eigenvalue weighted by Gasteiger charge is 2.36. The van der Waals surface area contributed by atoms with Crippen LogP contribution in [0.15, 0.2) is 0 Å². The molecule has 0 aromatic rings. The van der Waals surface area contributed by atoms with Crippen LogP contribution in [-0.2, 0) is 24.3 Å². The largest absolute Gasteiger partial charge is 0.368 e. The van der Waals surface area contributed by atoms with Gasteiger partial charge in [-0.1, -0.05) is 6.92 Å². The van der Waals surface area contributed by atoms with Crippen LogP contribution in [0, 0.1) is 5.92 Å². The highest BCUT2D eigenvalue weighted by Crippen LogP contribution is 2.23. The molecule has 2 amide bonds. The minimum Gasteiger partial charge on any atom is -0.368 e. The number of hydrogen-bond acceptors (Lipinski definition) is 5. The first-order valence-corrected chi connectivity index (χ1v) is 11.7. The van der Waals surface area contributed by atoms with Gasteiger partial charge in [0.15, 0.2) is 0 Å². The number of sulfonamides is 1. The maximum atomic E-state index is 12.9. The number of piperidine rings is 1. The van der Waals surface area contributed by atoms with E-state index in [2.05, 4.69) is 0 Å². The van der Waals surface area contributed by atoms with E-state index >= 15 is 0 Å². The second kappa shape index (κ2) is 8.87. The van der Waals surface area contributed by atoms with Crippen LogP contribution in [0.2, 0.25) is 0 Å². The van der Waals surface area contributed by atoms with Gasteiger partial charge < -0.3 is 14.5 Å². The van der Waals surface area contributed by atoms with E-state index in [9.17, 15) is 18.0 Å². The zero-order valence-electron chi connectivity index (χ0n) is 16.1. The molecule has 2 unspecified atom stereocenters. The quantitative estimate of drug-likeness (QED) is 0.661. The number of nitrogens with zero attached hydrogens (tertiary/aromatic N) is 3. The topological polar surface area (TPSA) is 87.2 Å². The highest BCUT2D eigenvalue weighted by atomic mass is 32.2. The molecule has 2 atom stereocenters. The number of hydrogen-bond donors (Lipinski definition) is 0. The second-order valence-electron chi connectivity index (χ2n) is 7.67. The van der Waals surface area contributed by atoms with Crippen molar-refractivity contribution in [3.63, 3.8) is 0 Å². The van der Waals surface area contributed by atoms with Crippen molar-refractivity contribution in [3.8, 4) is 0 Å².